The number of amides is 1. The van der Waals surface area contributed by atoms with Crippen LogP contribution in [-0.4, -0.2) is 32.6 Å². The van der Waals surface area contributed by atoms with Gasteiger partial charge in [0.2, 0.25) is 0 Å². The zero-order valence-electron chi connectivity index (χ0n) is 14.7. The number of hydrogen-bond donors (Lipinski definition) is 2. The Hall–Kier alpha value is -1.77. The first-order chi connectivity index (χ1) is 12.7. The van der Waals surface area contributed by atoms with Crippen LogP contribution in [0.4, 0.5) is 18.0 Å². The molecule has 0 saturated heterocycles. The summed E-state index contributed by atoms with van der Waals surface area (Å²) in [5.41, 5.74) is -1.63. The third kappa shape index (κ3) is 2.99. The quantitative estimate of drug-likeness (QED) is 0.837. The molecule has 6 nitrogen and oxygen atoms in total. The predicted octanol–water partition coefficient (Wildman–Crippen LogP) is 3.26. The summed E-state index contributed by atoms with van der Waals surface area (Å²) in [6.45, 7) is 0. The Balaban J connectivity index is 1.31. The molecule has 6 rings (SSSR count). The molecule has 148 valence electrons. The van der Waals surface area contributed by atoms with Crippen molar-refractivity contribution in [3.63, 3.8) is 0 Å². The van der Waals surface area contributed by atoms with Crippen molar-refractivity contribution in [3.05, 3.63) is 11.9 Å². The first-order valence-electron chi connectivity index (χ1n) is 9.57. The molecule has 1 heterocycles. The van der Waals surface area contributed by atoms with Gasteiger partial charge in [0.05, 0.1) is 17.8 Å². The lowest BCUT2D eigenvalue weighted by molar-refractivity contribution is -0.145. The molecule has 27 heavy (non-hydrogen) atoms. The summed E-state index contributed by atoms with van der Waals surface area (Å²) >= 11 is 0. The summed E-state index contributed by atoms with van der Waals surface area (Å²) in [5.74, 6) is 0.250. The molecule has 4 bridgehead atoms. The molecule has 2 atom stereocenters. The Kier molecular flexibility index (Phi) is 3.61. The zero-order chi connectivity index (χ0) is 19.0. The molecule has 5 aliphatic carbocycles. The van der Waals surface area contributed by atoms with E-state index in [4.69, 9.17) is 4.74 Å². The van der Waals surface area contributed by atoms with E-state index in [0.717, 1.165) is 30.1 Å². The second-order valence-electron chi connectivity index (χ2n) is 8.78. The molecular formula is C18H22F3N3O3. The van der Waals surface area contributed by atoms with Gasteiger partial charge in [-0.3, -0.25) is 4.68 Å². The number of carbonyl (C=O) groups excluding carboxylic acids is 1. The molecule has 1 aromatic rings. The lowest BCUT2D eigenvalue weighted by Crippen LogP contribution is -2.61. The molecule has 5 fully saturated rings. The minimum Gasteiger partial charge on any atom is -0.406 e. The van der Waals surface area contributed by atoms with E-state index in [2.05, 4.69) is 10.4 Å². The van der Waals surface area contributed by atoms with Crippen LogP contribution in [-0.2, 0) is 6.18 Å². The fourth-order valence-electron chi connectivity index (χ4n) is 5.77. The fraction of sp³-hybridized carbons (Fsp3) is 0.778. The van der Waals surface area contributed by atoms with Gasteiger partial charge >= 0.3 is 12.3 Å². The monoisotopic (exact) mass is 385 g/mol. The topological polar surface area (TPSA) is 76.4 Å². The van der Waals surface area contributed by atoms with E-state index in [1.54, 1.807) is 0 Å². The molecule has 5 aliphatic rings. The van der Waals surface area contributed by atoms with Crippen molar-refractivity contribution in [2.75, 3.05) is 0 Å². The number of nitrogens with zero attached hydrogens (tertiary/aromatic N) is 2. The number of rotatable bonds is 3. The second-order valence-corrected chi connectivity index (χ2v) is 8.78. The third-order valence-electron chi connectivity index (χ3n) is 6.65. The van der Waals surface area contributed by atoms with Gasteiger partial charge in [0.15, 0.2) is 11.4 Å². The van der Waals surface area contributed by atoms with Gasteiger partial charge in [-0.25, -0.2) is 4.79 Å². The van der Waals surface area contributed by atoms with Crippen LogP contribution in [0.5, 0.6) is 5.75 Å². The zero-order valence-corrected chi connectivity index (χ0v) is 14.7. The summed E-state index contributed by atoms with van der Waals surface area (Å²) in [6, 6.07) is -0.422. The Morgan fingerprint density at radius 1 is 1.26 bits per heavy atom. The van der Waals surface area contributed by atoms with Crippen molar-refractivity contribution in [2.45, 2.75) is 68.8 Å². The summed E-state index contributed by atoms with van der Waals surface area (Å²) < 4.78 is 46.2. The predicted molar refractivity (Wildman–Crippen MR) is 87.0 cm³/mol. The number of hydrogen-bond acceptors (Lipinski definition) is 4. The van der Waals surface area contributed by atoms with Crippen molar-refractivity contribution >= 4 is 6.09 Å². The van der Waals surface area contributed by atoms with E-state index in [9.17, 15) is 23.1 Å². The van der Waals surface area contributed by atoms with Crippen LogP contribution >= 0.6 is 0 Å². The van der Waals surface area contributed by atoms with E-state index < -0.39 is 29.3 Å². The standard InChI is InChI=1S/C18H22F3N3O3/c19-18(20,21)15-13(8-22-24(15)12-1-2-12)27-16(25)23-14-10-3-9-4-11(14)7-17(26,5-9)6-10/h8-12,14,26H,1-7H2,(H,23,25). The highest BCUT2D eigenvalue weighted by molar-refractivity contribution is 5.71. The van der Waals surface area contributed by atoms with Crippen LogP contribution in [0, 0.1) is 17.8 Å². The molecular weight excluding hydrogens is 363 g/mol. The SMILES string of the molecule is O=C(NC1C2CC3CC1CC(O)(C3)C2)Oc1cnn(C2CC2)c1C(F)(F)F. The van der Waals surface area contributed by atoms with Gasteiger partial charge in [-0.15, -0.1) is 0 Å². The second kappa shape index (κ2) is 5.62. The third-order valence-corrected chi connectivity index (χ3v) is 6.65. The molecule has 5 saturated carbocycles. The summed E-state index contributed by atoms with van der Waals surface area (Å²) in [7, 11) is 0. The smallest absolute Gasteiger partial charge is 0.406 e. The van der Waals surface area contributed by atoms with Crippen molar-refractivity contribution in [1.29, 1.82) is 0 Å². The lowest BCUT2D eigenvalue weighted by atomic mass is 9.52. The van der Waals surface area contributed by atoms with Crippen LogP contribution in [0.15, 0.2) is 6.20 Å². The molecule has 0 aromatic carbocycles. The van der Waals surface area contributed by atoms with Crippen LogP contribution in [0.25, 0.3) is 0 Å². The van der Waals surface area contributed by atoms with Crippen molar-refractivity contribution in [3.8, 4) is 5.75 Å². The molecule has 0 aliphatic heterocycles. The van der Waals surface area contributed by atoms with Gasteiger partial charge < -0.3 is 15.2 Å². The number of aromatic nitrogens is 2. The van der Waals surface area contributed by atoms with Crippen molar-refractivity contribution in [1.82, 2.24) is 15.1 Å². The number of aliphatic hydroxyl groups is 1. The summed E-state index contributed by atoms with van der Waals surface area (Å²) in [5, 5.41) is 17.2. The first kappa shape index (κ1) is 17.3. The molecule has 1 aromatic heterocycles. The largest absolute Gasteiger partial charge is 0.436 e. The average molecular weight is 385 g/mol. The molecule has 0 radical (unpaired) electrons. The Labute approximate surface area is 154 Å². The first-order valence-corrected chi connectivity index (χ1v) is 9.57. The van der Waals surface area contributed by atoms with E-state index in [0.29, 0.717) is 31.6 Å². The average Bonchev–Trinajstić information content (AvgIpc) is 3.29. The molecule has 0 spiro atoms. The lowest BCUT2D eigenvalue weighted by Gasteiger charge is -2.57. The van der Waals surface area contributed by atoms with E-state index in [-0.39, 0.29) is 23.9 Å². The van der Waals surface area contributed by atoms with Crippen molar-refractivity contribution in [2.24, 2.45) is 17.8 Å². The number of halogens is 3. The van der Waals surface area contributed by atoms with Gasteiger partial charge in [-0.2, -0.15) is 18.3 Å². The summed E-state index contributed by atoms with van der Waals surface area (Å²) in [4.78, 5) is 12.4. The highest BCUT2D eigenvalue weighted by Gasteiger charge is 2.55. The molecule has 2 unspecified atom stereocenters. The number of ether oxygens (including phenoxy) is 1. The normalized spacial score (nSPS) is 37.5. The summed E-state index contributed by atoms with van der Waals surface area (Å²) in [6.07, 6.45) is 0.733. The van der Waals surface area contributed by atoms with E-state index >= 15 is 0 Å². The van der Waals surface area contributed by atoms with Gasteiger partial charge in [-0.1, -0.05) is 0 Å². The van der Waals surface area contributed by atoms with Gasteiger partial charge in [0.1, 0.15) is 0 Å². The Morgan fingerprint density at radius 2 is 1.93 bits per heavy atom. The number of carbonyl (C=O) groups is 1. The molecule has 1 amide bonds. The van der Waals surface area contributed by atoms with Crippen molar-refractivity contribution < 1.29 is 27.8 Å². The van der Waals surface area contributed by atoms with Gasteiger partial charge in [-0.05, 0) is 62.7 Å². The number of nitrogens with one attached hydrogen (secondary N) is 1. The van der Waals surface area contributed by atoms with Crippen LogP contribution in [0.1, 0.15) is 56.7 Å². The van der Waals surface area contributed by atoms with E-state index in [1.807, 2.05) is 0 Å². The molecule has 2 N–H and O–H groups in total. The minimum atomic E-state index is -4.64. The number of alkyl halides is 3. The maximum atomic E-state index is 13.4. The molecule has 9 heteroatoms. The van der Waals surface area contributed by atoms with Gasteiger partial charge in [0.25, 0.3) is 0 Å². The fourth-order valence-corrected chi connectivity index (χ4v) is 5.77. The highest BCUT2D eigenvalue weighted by Crippen LogP contribution is 2.55. The Bertz CT molecular complexity index is 758. The highest BCUT2D eigenvalue weighted by atomic mass is 19.4. The van der Waals surface area contributed by atoms with Crippen LogP contribution < -0.4 is 10.1 Å². The van der Waals surface area contributed by atoms with Gasteiger partial charge in [0, 0.05) is 6.04 Å². The Morgan fingerprint density at radius 3 is 2.48 bits per heavy atom. The minimum absolute atomic E-state index is 0.151. The maximum Gasteiger partial charge on any atom is 0.436 e. The maximum absolute atomic E-state index is 13.4. The van der Waals surface area contributed by atoms with Crippen LogP contribution in [0.2, 0.25) is 0 Å². The van der Waals surface area contributed by atoms with E-state index in [1.165, 1.54) is 0 Å². The van der Waals surface area contributed by atoms with Crippen LogP contribution in [0.3, 0.4) is 0 Å².